The smallest absolute Gasteiger partial charge is 0.335 e. The van der Waals surface area contributed by atoms with Gasteiger partial charge >= 0.3 is 5.97 Å². The number of benzene rings is 1. The van der Waals surface area contributed by atoms with E-state index in [0.717, 1.165) is 19.4 Å². The predicted molar refractivity (Wildman–Crippen MR) is 72.2 cm³/mol. The number of carboxylic acid groups (broad SMARTS) is 1. The molecule has 0 saturated carbocycles. The number of aromatic carboxylic acids is 1. The quantitative estimate of drug-likeness (QED) is 0.775. The van der Waals surface area contributed by atoms with E-state index in [0.29, 0.717) is 11.6 Å². The molecule has 3 N–H and O–H groups in total. The van der Waals surface area contributed by atoms with E-state index in [1.165, 1.54) is 12.1 Å². The van der Waals surface area contributed by atoms with Crippen molar-refractivity contribution in [1.29, 1.82) is 0 Å². The number of piperidine rings is 1. The molecular formula is C14H18N2O3. The number of rotatable bonds is 3. The number of nitrogens with one attached hydrogen (secondary N) is 2. The largest absolute Gasteiger partial charge is 0.478 e. The number of amides is 1. The lowest BCUT2D eigenvalue weighted by molar-refractivity contribution is -0.119. The summed E-state index contributed by atoms with van der Waals surface area (Å²) in [6.07, 6.45) is 2.14. The first kappa shape index (κ1) is 13.5. The van der Waals surface area contributed by atoms with Gasteiger partial charge in [0.15, 0.2) is 0 Å². The van der Waals surface area contributed by atoms with Crippen LogP contribution in [0.25, 0.3) is 0 Å². The molecule has 0 radical (unpaired) electrons. The van der Waals surface area contributed by atoms with Crippen molar-refractivity contribution in [2.24, 2.45) is 5.92 Å². The van der Waals surface area contributed by atoms with Crippen LogP contribution in [0.2, 0.25) is 0 Å². The van der Waals surface area contributed by atoms with Gasteiger partial charge in [0.2, 0.25) is 5.91 Å². The van der Waals surface area contributed by atoms with Crippen LogP contribution in [-0.4, -0.2) is 29.6 Å². The van der Waals surface area contributed by atoms with E-state index in [-0.39, 0.29) is 17.5 Å². The standard InChI is InChI=1S/C14H18N2O3/c1-9-3-2-8-15-12(9)13(17)16-11-6-4-10(5-7-11)14(18)19/h4-7,9,12,15H,2-3,8H2,1H3,(H,16,17)(H,18,19). The zero-order chi connectivity index (χ0) is 13.8. The Morgan fingerprint density at radius 1 is 1.32 bits per heavy atom. The number of anilines is 1. The third-order valence-electron chi connectivity index (χ3n) is 3.45. The molecule has 19 heavy (non-hydrogen) atoms. The molecule has 1 saturated heterocycles. The third kappa shape index (κ3) is 3.32. The monoisotopic (exact) mass is 262 g/mol. The van der Waals surface area contributed by atoms with Crippen LogP contribution in [0.5, 0.6) is 0 Å². The van der Waals surface area contributed by atoms with Crippen molar-refractivity contribution in [2.75, 3.05) is 11.9 Å². The van der Waals surface area contributed by atoms with Crippen LogP contribution >= 0.6 is 0 Å². The maximum absolute atomic E-state index is 12.1. The van der Waals surface area contributed by atoms with E-state index in [2.05, 4.69) is 17.6 Å². The highest BCUT2D eigenvalue weighted by molar-refractivity contribution is 5.95. The van der Waals surface area contributed by atoms with Gasteiger partial charge in [-0.05, 0) is 49.6 Å². The molecule has 2 atom stereocenters. The van der Waals surface area contributed by atoms with Crippen molar-refractivity contribution < 1.29 is 14.7 Å². The van der Waals surface area contributed by atoms with E-state index in [1.807, 2.05) is 0 Å². The molecule has 1 aliphatic heterocycles. The minimum Gasteiger partial charge on any atom is -0.478 e. The summed E-state index contributed by atoms with van der Waals surface area (Å²) in [6, 6.07) is 6.00. The van der Waals surface area contributed by atoms with Gasteiger partial charge in [0.05, 0.1) is 11.6 Å². The van der Waals surface area contributed by atoms with Crippen LogP contribution in [0.15, 0.2) is 24.3 Å². The molecular weight excluding hydrogens is 244 g/mol. The zero-order valence-corrected chi connectivity index (χ0v) is 10.8. The van der Waals surface area contributed by atoms with Crippen LogP contribution in [0.3, 0.4) is 0 Å². The van der Waals surface area contributed by atoms with Gasteiger partial charge in [-0.2, -0.15) is 0 Å². The number of carbonyl (C=O) groups is 2. The Morgan fingerprint density at radius 2 is 2.00 bits per heavy atom. The fourth-order valence-corrected chi connectivity index (χ4v) is 2.32. The normalized spacial score (nSPS) is 22.8. The molecule has 1 heterocycles. The Morgan fingerprint density at radius 3 is 2.58 bits per heavy atom. The lowest BCUT2D eigenvalue weighted by Crippen LogP contribution is -2.48. The van der Waals surface area contributed by atoms with Crippen molar-refractivity contribution in [3.8, 4) is 0 Å². The van der Waals surface area contributed by atoms with Crippen molar-refractivity contribution >= 4 is 17.6 Å². The highest BCUT2D eigenvalue weighted by Gasteiger charge is 2.27. The molecule has 0 aromatic heterocycles. The van der Waals surface area contributed by atoms with E-state index >= 15 is 0 Å². The van der Waals surface area contributed by atoms with Crippen LogP contribution in [0.1, 0.15) is 30.1 Å². The van der Waals surface area contributed by atoms with Crippen LogP contribution in [-0.2, 0) is 4.79 Å². The topological polar surface area (TPSA) is 78.4 Å². The second-order valence-electron chi connectivity index (χ2n) is 4.92. The number of carboxylic acids is 1. The molecule has 1 aromatic rings. The first-order chi connectivity index (χ1) is 9.08. The Kier molecular flexibility index (Phi) is 4.16. The van der Waals surface area contributed by atoms with E-state index in [1.54, 1.807) is 12.1 Å². The fraction of sp³-hybridized carbons (Fsp3) is 0.429. The molecule has 1 fully saturated rings. The van der Waals surface area contributed by atoms with Crippen LogP contribution < -0.4 is 10.6 Å². The first-order valence-corrected chi connectivity index (χ1v) is 6.45. The first-order valence-electron chi connectivity index (χ1n) is 6.45. The van der Waals surface area contributed by atoms with Gasteiger partial charge < -0.3 is 15.7 Å². The van der Waals surface area contributed by atoms with Gasteiger partial charge in [0.1, 0.15) is 0 Å². The Labute approximate surface area is 112 Å². The molecule has 5 heteroatoms. The lowest BCUT2D eigenvalue weighted by atomic mass is 9.92. The third-order valence-corrected chi connectivity index (χ3v) is 3.45. The van der Waals surface area contributed by atoms with E-state index in [9.17, 15) is 9.59 Å². The molecule has 2 unspecified atom stereocenters. The molecule has 1 aliphatic rings. The number of carbonyl (C=O) groups excluding carboxylic acids is 1. The maximum Gasteiger partial charge on any atom is 0.335 e. The molecule has 102 valence electrons. The predicted octanol–water partition coefficient (Wildman–Crippen LogP) is 1.71. The summed E-state index contributed by atoms with van der Waals surface area (Å²) < 4.78 is 0. The molecule has 0 aliphatic carbocycles. The van der Waals surface area contributed by atoms with Crippen molar-refractivity contribution in [2.45, 2.75) is 25.8 Å². The Balaban J connectivity index is 2.00. The van der Waals surface area contributed by atoms with Gasteiger partial charge in [0, 0.05) is 5.69 Å². The summed E-state index contributed by atoms with van der Waals surface area (Å²) >= 11 is 0. The SMILES string of the molecule is CC1CCCNC1C(=O)Nc1ccc(C(=O)O)cc1. The fourth-order valence-electron chi connectivity index (χ4n) is 2.32. The second kappa shape index (κ2) is 5.84. The summed E-state index contributed by atoms with van der Waals surface area (Å²) in [7, 11) is 0. The van der Waals surface area contributed by atoms with Gasteiger partial charge in [-0.3, -0.25) is 4.79 Å². The Hall–Kier alpha value is -1.88. The summed E-state index contributed by atoms with van der Waals surface area (Å²) in [5.74, 6) is -0.720. The highest BCUT2D eigenvalue weighted by atomic mass is 16.4. The highest BCUT2D eigenvalue weighted by Crippen LogP contribution is 2.17. The van der Waals surface area contributed by atoms with Crippen LogP contribution in [0, 0.1) is 5.92 Å². The minimum atomic E-state index is -0.972. The van der Waals surface area contributed by atoms with Gasteiger partial charge in [-0.15, -0.1) is 0 Å². The van der Waals surface area contributed by atoms with Crippen molar-refractivity contribution in [1.82, 2.24) is 5.32 Å². The lowest BCUT2D eigenvalue weighted by Gasteiger charge is -2.28. The van der Waals surface area contributed by atoms with Gasteiger partial charge in [-0.1, -0.05) is 6.92 Å². The minimum absolute atomic E-state index is 0.0599. The van der Waals surface area contributed by atoms with Crippen LogP contribution in [0.4, 0.5) is 5.69 Å². The second-order valence-corrected chi connectivity index (χ2v) is 4.92. The average molecular weight is 262 g/mol. The van der Waals surface area contributed by atoms with E-state index in [4.69, 9.17) is 5.11 Å². The summed E-state index contributed by atoms with van der Waals surface area (Å²) in [4.78, 5) is 22.8. The molecule has 1 amide bonds. The summed E-state index contributed by atoms with van der Waals surface area (Å²) in [5.41, 5.74) is 0.830. The zero-order valence-electron chi connectivity index (χ0n) is 10.8. The van der Waals surface area contributed by atoms with Crippen molar-refractivity contribution in [3.05, 3.63) is 29.8 Å². The number of hydrogen-bond acceptors (Lipinski definition) is 3. The molecule has 2 rings (SSSR count). The maximum atomic E-state index is 12.1. The van der Waals surface area contributed by atoms with Crippen molar-refractivity contribution in [3.63, 3.8) is 0 Å². The molecule has 0 bridgehead atoms. The molecule has 1 aromatic carbocycles. The van der Waals surface area contributed by atoms with Gasteiger partial charge in [0.25, 0.3) is 0 Å². The van der Waals surface area contributed by atoms with Gasteiger partial charge in [-0.25, -0.2) is 4.79 Å². The average Bonchev–Trinajstić information content (AvgIpc) is 2.39. The molecule has 5 nitrogen and oxygen atoms in total. The summed E-state index contributed by atoms with van der Waals surface area (Å²) in [5, 5.41) is 14.8. The Bertz CT molecular complexity index is 470. The summed E-state index contributed by atoms with van der Waals surface area (Å²) in [6.45, 7) is 2.92. The van der Waals surface area contributed by atoms with E-state index < -0.39 is 5.97 Å². The molecule has 0 spiro atoms. The number of hydrogen-bond donors (Lipinski definition) is 3.